The highest BCUT2D eigenvalue weighted by Crippen LogP contribution is 2.28. The fourth-order valence-corrected chi connectivity index (χ4v) is 3.62. The van der Waals surface area contributed by atoms with Gasteiger partial charge in [-0.15, -0.1) is 0 Å². The van der Waals surface area contributed by atoms with Crippen molar-refractivity contribution in [3.63, 3.8) is 0 Å². The summed E-state index contributed by atoms with van der Waals surface area (Å²) >= 11 is 0. The molecule has 0 amide bonds. The van der Waals surface area contributed by atoms with Gasteiger partial charge in [0.1, 0.15) is 18.3 Å². The summed E-state index contributed by atoms with van der Waals surface area (Å²) in [7, 11) is 0. The zero-order chi connectivity index (χ0) is 21.3. The molecule has 1 saturated heterocycles. The zero-order valence-electron chi connectivity index (χ0n) is 17.4. The summed E-state index contributed by atoms with van der Waals surface area (Å²) < 4.78 is 23.9. The van der Waals surface area contributed by atoms with E-state index in [0.29, 0.717) is 26.4 Å². The molecule has 0 aliphatic carbocycles. The van der Waals surface area contributed by atoms with Crippen LogP contribution in [-0.4, -0.2) is 36.3 Å². The third kappa shape index (κ3) is 6.23. The fourth-order valence-electron chi connectivity index (χ4n) is 3.62. The summed E-state index contributed by atoms with van der Waals surface area (Å²) in [6, 6.07) is 29.8. The summed E-state index contributed by atoms with van der Waals surface area (Å²) in [6.45, 7) is 1.55. The molecule has 5 heteroatoms. The van der Waals surface area contributed by atoms with Crippen LogP contribution in [0.3, 0.4) is 0 Å². The van der Waals surface area contributed by atoms with Crippen LogP contribution in [0.2, 0.25) is 0 Å². The average molecular weight is 421 g/mol. The first-order valence-electron chi connectivity index (χ1n) is 10.6. The average Bonchev–Trinajstić information content (AvgIpc) is 3.12. The van der Waals surface area contributed by atoms with Crippen molar-refractivity contribution in [3.8, 4) is 0 Å². The van der Waals surface area contributed by atoms with Gasteiger partial charge in [0.2, 0.25) is 0 Å². The summed E-state index contributed by atoms with van der Waals surface area (Å²) in [6.07, 6.45) is -2.55. The van der Waals surface area contributed by atoms with E-state index in [1.807, 2.05) is 91.0 Å². The lowest BCUT2D eigenvalue weighted by Crippen LogP contribution is -2.39. The highest BCUT2D eigenvalue weighted by molar-refractivity contribution is 5.15. The fraction of sp³-hybridized carbons (Fsp3) is 0.308. The van der Waals surface area contributed by atoms with Crippen LogP contribution in [0, 0.1) is 0 Å². The maximum atomic E-state index is 10.5. The molecule has 162 valence electrons. The van der Waals surface area contributed by atoms with Crippen molar-refractivity contribution >= 4 is 0 Å². The van der Waals surface area contributed by atoms with Gasteiger partial charge >= 0.3 is 0 Å². The molecule has 1 N–H and O–H groups in total. The smallest absolute Gasteiger partial charge is 0.184 e. The van der Waals surface area contributed by atoms with Crippen LogP contribution >= 0.6 is 0 Å². The second kappa shape index (κ2) is 11.2. The molecule has 0 radical (unpaired) electrons. The second-order valence-corrected chi connectivity index (χ2v) is 7.59. The molecule has 0 spiro atoms. The number of rotatable bonds is 10. The van der Waals surface area contributed by atoms with Crippen molar-refractivity contribution < 1.29 is 24.1 Å². The zero-order valence-corrected chi connectivity index (χ0v) is 17.4. The van der Waals surface area contributed by atoms with E-state index in [1.165, 1.54) is 0 Å². The highest BCUT2D eigenvalue weighted by Gasteiger charge is 2.45. The number of hydrogen-bond acceptors (Lipinski definition) is 5. The first kappa shape index (κ1) is 21.7. The van der Waals surface area contributed by atoms with Gasteiger partial charge in [-0.1, -0.05) is 91.0 Å². The summed E-state index contributed by atoms with van der Waals surface area (Å²) in [5.74, 6) is 0. The van der Waals surface area contributed by atoms with Crippen LogP contribution in [0.5, 0.6) is 0 Å². The predicted octanol–water partition coefficient (Wildman–Crippen LogP) is 4.09. The molecule has 4 rings (SSSR count). The molecule has 31 heavy (non-hydrogen) atoms. The molecule has 0 bridgehead atoms. The van der Waals surface area contributed by atoms with Gasteiger partial charge in [0, 0.05) is 0 Å². The first-order valence-corrected chi connectivity index (χ1v) is 10.6. The molecule has 4 atom stereocenters. The maximum Gasteiger partial charge on any atom is 0.184 e. The maximum absolute atomic E-state index is 10.5. The lowest BCUT2D eigenvalue weighted by molar-refractivity contribution is -0.153. The number of ether oxygens (including phenoxy) is 4. The Morgan fingerprint density at radius 2 is 1.06 bits per heavy atom. The molecular weight excluding hydrogens is 392 g/mol. The van der Waals surface area contributed by atoms with Crippen molar-refractivity contribution in [2.45, 2.75) is 44.4 Å². The normalized spacial score (nSPS) is 23.1. The van der Waals surface area contributed by atoms with Crippen molar-refractivity contribution in [2.75, 3.05) is 6.61 Å². The molecule has 0 unspecified atom stereocenters. The first-order chi connectivity index (χ1) is 15.3. The van der Waals surface area contributed by atoms with Gasteiger partial charge in [-0.25, -0.2) is 0 Å². The Labute approximate surface area is 183 Å². The molecular formula is C26H28O5. The van der Waals surface area contributed by atoms with Crippen LogP contribution in [0.4, 0.5) is 0 Å². The topological polar surface area (TPSA) is 57.2 Å². The SMILES string of the molecule is O[C@@H]1O[C@@H](COCc2ccccc2)[C@@H](OCc2ccccc2)[C@H]1OCc1ccccc1. The van der Waals surface area contributed by atoms with E-state index in [9.17, 15) is 5.11 Å². The van der Waals surface area contributed by atoms with Gasteiger partial charge in [-0.3, -0.25) is 0 Å². The number of aliphatic hydroxyl groups excluding tert-OH is 1. The molecule has 0 saturated carbocycles. The summed E-state index contributed by atoms with van der Waals surface area (Å²) in [5, 5.41) is 10.5. The Morgan fingerprint density at radius 1 is 0.613 bits per heavy atom. The number of aliphatic hydroxyl groups is 1. The van der Waals surface area contributed by atoms with Gasteiger partial charge in [0.05, 0.1) is 26.4 Å². The second-order valence-electron chi connectivity index (χ2n) is 7.59. The van der Waals surface area contributed by atoms with E-state index in [0.717, 1.165) is 16.7 Å². The van der Waals surface area contributed by atoms with Crippen molar-refractivity contribution in [2.24, 2.45) is 0 Å². The van der Waals surface area contributed by atoms with Crippen molar-refractivity contribution in [1.29, 1.82) is 0 Å². The molecule has 1 heterocycles. The Bertz CT molecular complexity index is 887. The summed E-state index contributed by atoms with van der Waals surface area (Å²) in [5.41, 5.74) is 3.16. The standard InChI is InChI=1S/C26H28O5/c27-26-25(30-18-22-14-8-3-9-15-22)24(29-17-21-12-6-2-7-13-21)23(31-26)19-28-16-20-10-4-1-5-11-20/h1-15,23-27H,16-19H2/t23-,24+,25+,26+/m0/s1. The van der Waals surface area contributed by atoms with E-state index in [4.69, 9.17) is 18.9 Å². The van der Waals surface area contributed by atoms with E-state index < -0.39 is 24.6 Å². The minimum absolute atomic E-state index is 0.302. The van der Waals surface area contributed by atoms with Crippen LogP contribution in [0.15, 0.2) is 91.0 Å². The predicted molar refractivity (Wildman–Crippen MR) is 117 cm³/mol. The van der Waals surface area contributed by atoms with E-state index in [-0.39, 0.29) is 0 Å². The van der Waals surface area contributed by atoms with Crippen LogP contribution in [-0.2, 0) is 38.8 Å². The lowest BCUT2D eigenvalue weighted by Gasteiger charge is -2.24. The van der Waals surface area contributed by atoms with E-state index >= 15 is 0 Å². The Hall–Kier alpha value is -2.54. The largest absolute Gasteiger partial charge is 0.374 e. The van der Waals surface area contributed by atoms with Gasteiger partial charge < -0.3 is 24.1 Å². The van der Waals surface area contributed by atoms with Crippen LogP contribution in [0.1, 0.15) is 16.7 Å². The van der Waals surface area contributed by atoms with Crippen molar-refractivity contribution in [3.05, 3.63) is 108 Å². The number of benzene rings is 3. The quantitative estimate of drug-likeness (QED) is 0.535. The van der Waals surface area contributed by atoms with E-state index in [2.05, 4.69) is 0 Å². The monoisotopic (exact) mass is 420 g/mol. The molecule has 0 aromatic heterocycles. The molecule has 5 nitrogen and oxygen atoms in total. The molecule has 1 aliphatic rings. The van der Waals surface area contributed by atoms with Crippen molar-refractivity contribution in [1.82, 2.24) is 0 Å². The summed E-state index contributed by atoms with van der Waals surface area (Å²) in [4.78, 5) is 0. The third-order valence-electron chi connectivity index (χ3n) is 5.25. The Morgan fingerprint density at radius 3 is 1.58 bits per heavy atom. The van der Waals surface area contributed by atoms with Gasteiger partial charge in [-0.2, -0.15) is 0 Å². The molecule has 1 aliphatic heterocycles. The number of hydrogen-bond donors (Lipinski definition) is 1. The molecule has 3 aromatic rings. The molecule has 3 aromatic carbocycles. The Balaban J connectivity index is 1.39. The minimum atomic E-state index is -1.07. The van der Waals surface area contributed by atoms with Crippen LogP contribution < -0.4 is 0 Å². The van der Waals surface area contributed by atoms with E-state index in [1.54, 1.807) is 0 Å². The van der Waals surface area contributed by atoms with Gasteiger partial charge in [0.25, 0.3) is 0 Å². The highest BCUT2D eigenvalue weighted by atomic mass is 16.7. The lowest BCUT2D eigenvalue weighted by atomic mass is 10.1. The minimum Gasteiger partial charge on any atom is -0.374 e. The van der Waals surface area contributed by atoms with Gasteiger partial charge in [0.15, 0.2) is 6.29 Å². The molecule has 1 fully saturated rings. The van der Waals surface area contributed by atoms with Crippen LogP contribution in [0.25, 0.3) is 0 Å². The van der Waals surface area contributed by atoms with Gasteiger partial charge in [-0.05, 0) is 16.7 Å². The Kier molecular flexibility index (Phi) is 7.82. The third-order valence-corrected chi connectivity index (χ3v) is 5.25.